The Bertz CT molecular complexity index is 719. The van der Waals surface area contributed by atoms with Gasteiger partial charge in [0.1, 0.15) is 0 Å². The molecule has 10 heteroatoms. The van der Waals surface area contributed by atoms with Crippen LogP contribution in [0.1, 0.15) is 31.4 Å². The third kappa shape index (κ3) is 8.92. The first kappa shape index (κ1) is 24.2. The van der Waals surface area contributed by atoms with Gasteiger partial charge in [-0.05, 0) is 37.5 Å². The molecule has 0 aliphatic carbocycles. The number of guanidine groups is 1. The van der Waals surface area contributed by atoms with Crippen LogP contribution in [-0.2, 0) is 22.6 Å². The Morgan fingerprint density at radius 3 is 2.29 bits per heavy atom. The Kier molecular flexibility index (Phi) is 9.74. The van der Waals surface area contributed by atoms with E-state index < -0.39 is 21.8 Å². The van der Waals surface area contributed by atoms with Crippen molar-refractivity contribution in [2.45, 2.75) is 32.9 Å². The summed E-state index contributed by atoms with van der Waals surface area (Å²) in [5.74, 6) is 0.594. The first-order valence-corrected chi connectivity index (χ1v) is 11.1. The van der Waals surface area contributed by atoms with Gasteiger partial charge in [-0.15, -0.1) is 0 Å². The normalized spacial score (nSPS) is 13.0. The maximum absolute atomic E-state index is 12.6. The van der Waals surface area contributed by atoms with Crippen molar-refractivity contribution in [2.24, 2.45) is 4.99 Å². The molecule has 1 aromatic carbocycles. The van der Waals surface area contributed by atoms with E-state index in [-0.39, 0.29) is 0 Å². The van der Waals surface area contributed by atoms with Crippen LogP contribution in [0.25, 0.3) is 0 Å². The molecule has 0 amide bonds. The average Bonchev–Trinajstić information content (AvgIpc) is 2.60. The van der Waals surface area contributed by atoms with E-state index in [2.05, 4.69) is 15.6 Å². The first-order chi connectivity index (χ1) is 13.1. The Labute approximate surface area is 165 Å². The molecule has 0 heterocycles. The van der Waals surface area contributed by atoms with Crippen molar-refractivity contribution in [3.05, 3.63) is 35.4 Å². The zero-order valence-corrected chi connectivity index (χ0v) is 17.3. The Morgan fingerprint density at radius 2 is 1.79 bits per heavy atom. The zero-order valence-electron chi connectivity index (χ0n) is 16.5. The summed E-state index contributed by atoms with van der Waals surface area (Å²) in [5, 5.41) is 6.22. The minimum absolute atomic E-state index is 0.407. The number of nitrogens with zero attached hydrogens (tertiary/aromatic N) is 2. The SMILES string of the molecule is CCNC(=NCCCN(CC)S(C)(=O)=O)NCCc1ccc(C(F)(F)F)cc1. The molecule has 0 aromatic heterocycles. The second kappa shape index (κ2) is 11.3. The molecular weight excluding hydrogens is 393 g/mol. The van der Waals surface area contributed by atoms with Crippen LogP contribution in [0.5, 0.6) is 0 Å². The molecule has 160 valence electrons. The van der Waals surface area contributed by atoms with E-state index in [4.69, 9.17) is 0 Å². The monoisotopic (exact) mass is 422 g/mol. The van der Waals surface area contributed by atoms with Gasteiger partial charge in [0, 0.05) is 32.7 Å². The van der Waals surface area contributed by atoms with Crippen LogP contribution in [0.2, 0.25) is 0 Å². The minimum atomic E-state index is -4.33. The van der Waals surface area contributed by atoms with E-state index in [1.165, 1.54) is 22.7 Å². The highest BCUT2D eigenvalue weighted by atomic mass is 32.2. The van der Waals surface area contributed by atoms with Gasteiger partial charge in [-0.25, -0.2) is 12.7 Å². The van der Waals surface area contributed by atoms with Gasteiger partial charge >= 0.3 is 6.18 Å². The zero-order chi connectivity index (χ0) is 21.2. The van der Waals surface area contributed by atoms with Crippen molar-refractivity contribution in [1.82, 2.24) is 14.9 Å². The predicted octanol–water partition coefficient (Wildman–Crippen LogP) is 2.47. The lowest BCUT2D eigenvalue weighted by Gasteiger charge is -2.17. The van der Waals surface area contributed by atoms with Crippen molar-refractivity contribution < 1.29 is 21.6 Å². The van der Waals surface area contributed by atoms with Crippen LogP contribution >= 0.6 is 0 Å². The van der Waals surface area contributed by atoms with E-state index >= 15 is 0 Å². The maximum atomic E-state index is 12.6. The number of alkyl halides is 3. The Hall–Kier alpha value is -1.81. The second-order valence-electron chi connectivity index (χ2n) is 6.24. The molecule has 0 atom stereocenters. The fourth-order valence-corrected chi connectivity index (χ4v) is 3.45. The summed E-state index contributed by atoms with van der Waals surface area (Å²) in [6.07, 6.45) is -1.99. The molecular formula is C18H29F3N4O2S. The van der Waals surface area contributed by atoms with Gasteiger partial charge in [-0.3, -0.25) is 4.99 Å². The summed E-state index contributed by atoms with van der Waals surface area (Å²) in [5.41, 5.74) is 0.136. The highest BCUT2D eigenvalue weighted by Crippen LogP contribution is 2.29. The number of rotatable bonds is 10. The number of nitrogens with one attached hydrogen (secondary N) is 2. The molecule has 0 saturated heterocycles. The van der Waals surface area contributed by atoms with Crippen LogP contribution in [0.15, 0.2) is 29.3 Å². The van der Waals surface area contributed by atoms with Crippen LogP contribution in [0.3, 0.4) is 0 Å². The standard InChI is InChI=1S/C18H29F3N4O2S/c1-4-22-17(23-12-6-14-25(5-2)28(3,26)27)24-13-11-15-7-9-16(10-8-15)18(19,20)21/h7-10H,4-6,11-14H2,1-3H3,(H2,22,23,24). The fraction of sp³-hybridized carbons (Fsp3) is 0.611. The van der Waals surface area contributed by atoms with Crippen molar-refractivity contribution in [2.75, 3.05) is 39.0 Å². The van der Waals surface area contributed by atoms with Crippen LogP contribution < -0.4 is 10.6 Å². The molecule has 0 radical (unpaired) electrons. The topological polar surface area (TPSA) is 73.8 Å². The van der Waals surface area contributed by atoms with E-state index in [1.807, 2.05) is 6.92 Å². The molecule has 0 spiro atoms. The molecule has 0 aliphatic heterocycles. The van der Waals surface area contributed by atoms with E-state index in [0.29, 0.717) is 51.5 Å². The number of hydrogen-bond donors (Lipinski definition) is 2. The summed E-state index contributed by atoms with van der Waals surface area (Å²) < 4.78 is 62.2. The van der Waals surface area contributed by atoms with Crippen molar-refractivity contribution in [1.29, 1.82) is 0 Å². The highest BCUT2D eigenvalue weighted by molar-refractivity contribution is 7.88. The third-order valence-corrected chi connectivity index (χ3v) is 5.37. The van der Waals surface area contributed by atoms with Gasteiger partial charge in [0.2, 0.25) is 10.0 Å². The first-order valence-electron chi connectivity index (χ1n) is 9.21. The molecule has 0 saturated carbocycles. The van der Waals surface area contributed by atoms with Gasteiger partial charge in [-0.1, -0.05) is 19.1 Å². The molecule has 0 fully saturated rings. The number of aliphatic imine (C=N–C) groups is 1. The average molecular weight is 423 g/mol. The van der Waals surface area contributed by atoms with Gasteiger partial charge in [0.15, 0.2) is 5.96 Å². The summed E-state index contributed by atoms with van der Waals surface area (Å²) >= 11 is 0. The van der Waals surface area contributed by atoms with Crippen LogP contribution in [-0.4, -0.2) is 57.7 Å². The Morgan fingerprint density at radius 1 is 1.14 bits per heavy atom. The van der Waals surface area contributed by atoms with Crippen molar-refractivity contribution in [3.8, 4) is 0 Å². The maximum Gasteiger partial charge on any atom is 0.416 e. The summed E-state index contributed by atoms with van der Waals surface area (Å²) in [4.78, 5) is 4.40. The van der Waals surface area contributed by atoms with E-state index in [1.54, 1.807) is 6.92 Å². The second-order valence-corrected chi connectivity index (χ2v) is 8.22. The van der Waals surface area contributed by atoms with E-state index in [9.17, 15) is 21.6 Å². The number of halogens is 3. The molecule has 2 N–H and O–H groups in total. The molecule has 1 rings (SSSR count). The lowest BCUT2D eigenvalue weighted by atomic mass is 10.1. The molecule has 6 nitrogen and oxygen atoms in total. The highest BCUT2D eigenvalue weighted by Gasteiger charge is 2.29. The molecule has 28 heavy (non-hydrogen) atoms. The van der Waals surface area contributed by atoms with Gasteiger partial charge in [-0.2, -0.15) is 13.2 Å². The molecule has 0 unspecified atom stereocenters. The summed E-state index contributed by atoms with van der Waals surface area (Å²) in [6, 6.07) is 5.10. The predicted molar refractivity (Wildman–Crippen MR) is 106 cm³/mol. The molecule has 1 aromatic rings. The van der Waals surface area contributed by atoms with Crippen LogP contribution in [0, 0.1) is 0 Å². The lowest BCUT2D eigenvalue weighted by Crippen LogP contribution is -2.38. The third-order valence-electron chi connectivity index (χ3n) is 3.99. The summed E-state index contributed by atoms with van der Waals surface area (Å²) in [6.45, 7) is 6.18. The molecule has 0 aliphatic rings. The number of hydrogen-bond acceptors (Lipinski definition) is 3. The summed E-state index contributed by atoms with van der Waals surface area (Å²) in [7, 11) is -3.20. The number of sulfonamides is 1. The quantitative estimate of drug-likeness (QED) is 0.345. The van der Waals surface area contributed by atoms with Crippen molar-refractivity contribution >= 4 is 16.0 Å². The largest absolute Gasteiger partial charge is 0.416 e. The smallest absolute Gasteiger partial charge is 0.357 e. The van der Waals surface area contributed by atoms with Gasteiger partial charge in [0.05, 0.1) is 11.8 Å². The minimum Gasteiger partial charge on any atom is -0.357 e. The lowest BCUT2D eigenvalue weighted by molar-refractivity contribution is -0.137. The van der Waals surface area contributed by atoms with E-state index in [0.717, 1.165) is 17.7 Å². The molecule has 0 bridgehead atoms. The number of benzene rings is 1. The van der Waals surface area contributed by atoms with Crippen molar-refractivity contribution in [3.63, 3.8) is 0 Å². The van der Waals surface area contributed by atoms with Gasteiger partial charge < -0.3 is 10.6 Å². The fourth-order valence-electron chi connectivity index (χ4n) is 2.52. The van der Waals surface area contributed by atoms with Gasteiger partial charge in [0.25, 0.3) is 0 Å². The Balaban J connectivity index is 2.48. The van der Waals surface area contributed by atoms with Crippen LogP contribution in [0.4, 0.5) is 13.2 Å².